The number of carbonyl (C=O) groups is 3. The normalized spacial score (nSPS) is 23.5. The maximum atomic E-state index is 15.3. The molecule has 2 saturated heterocycles. The molecule has 0 bridgehead atoms. The number of aliphatic hydroxyl groups excluding tert-OH is 1. The van der Waals surface area contributed by atoms with Crippen molar-refractivity contribution < 1.29 is 33.7 Å². The highest BCUT2D eigenvalue weighted by Gasteiger charge is 2.66. The summed E-state index contributed by atoms with van der Waals surface area (Å²) < 4.78 is 18.4. The number of amides is 3. The highest BCUT2D eigenvalue weighted by molar-refractivity contribution is 6.91. The van der Waals surface area contributed by atoms with Crippen LogP contribution in [-0.4, -0.2) is 75.8 Å². The first kappa shape index (κ1) is 37.3. The molecule has 3 aliphatic rings. The fraction of sp³-hybridized carbons (Fsp3) is 0.372. The number of methoxy groups -OCH3 is 2. The summed E-state index contributed by atoms with van der Waals surface area (Å²) >= 11 is 0. The molecule has 0 saturated carbocycles. The molecule has 11 heteroatoms. The Morgan fingerprint density at radius 1 is 0.963 bits per heavy atom. The monoisotopic (exact) mass is 747 g/mol. The molecule has 1 spiro atoms. The number of ether oxygens (including phenoxy) is 3. The molecule has 4 aromatic carbocycles. The van der Waals surface area contributed by atoms with Crippen molar-refractivity contribution in [1.29, 1.82) is 0 Å². The van der Waals surface area contributed by atoms with Crippen LogP contribution >= 0.6 is 0 Å². The lowest BCUT2D eigenvalue weighted by Gasteiger charge is -2.37. The standard InChI is InChI=1S/C43H49N3O7Si/c1-29-41(54(4,5)36-20-17-34(51-2)18-21-36)39(25-40(49)44-23-9-12-33(44)27-47)53-43(29)37-24-35(52-3)19-22-38(37)45(42(43)50)26-30-13-15-32(16-14-30)46(28-48)31-10-7-6-8-11-31/h6-8,10-11,13-22,24,28-29,33,39,41,47H,9,12,23,25-27H2,1-5H3/t29-,33-,39+,41-,43+/m0/s1. The maximum absolute atomic E-state index is 15.3. The SMILES string of the molecule is COc1ccc([Si](C)(C)[C@@H]2[C@@H](CC(=O)N3CCC[C@H]3CO)O[C@]3(C(=O)N(Cc4ccc(N(C=O)c5ccccc5)cc4)c4ccc(OC)cc43)[C@H]2C)cc1. The molecule has 4 aromatic rings. The van der Waals surface area contributed by atoms with E-state index in [0.29, 0.717) is 18.0 Å². The number of likely N-dealkylation sites (tertiary alicyclic amines) is 1. The second-order valence-electron chi connectivity index (χ2n) is 15.2. The van der Waals surface area contributed by atoms with E-state index >= 15 is 4.79 Å². The van der Waals surface area contributed by atoms with Crippen molar-refractivity contribution in [3.63, 3.8) is 0 Å². The first-order valence-electron chi connectivity index (χ1n) is 18.7. The second-order valence-corrected chi connectivity index (χ2v) is 19.9. The molecule has 7 rings (SSSR count). The van der Waals surface area contributed by atoms with E-state index in [-0.39, 0.29) is 48.9 Å². The predicted molar refractivity (Wildman–Crippen MR) is 211 cm³/mol. The topological polar surface area (TPSA) is 109 Å². The van der Waals surface area contributed by atoms with Crippen LogP contribution in [0.4, 0.5) is 17.1 Å². The molecule has 10 nitrogen and oxygen atoms in total. The van der Waals surface area contributed by atoms with Crippen LogP contribution in [0.15, 0.2) is 97.1 Å². The highest BCUT2D eigenvalue weighted by atomic mass is 28.3. The molecule has 3 aliphatic heterocycles. The van der Waals surface area contributed by atoms with Gasteiger partial charge in [0, 0.05) is 29.4 Å². The zero-order valence-electron chi connectivity index (χ0n) is 31.6. The Morgan fingerprint density at radius 3 is 2.28 bits per heavy atom. The van der Waals surface area contributed by atoms with Gasteiger partial charge in [-0.25, -0.2) is 0 Å². The molecule has 5 atom stereocenters. The van der Waals surface area contributed by atoms with E-state index in [2.05, 4.69) is 32.2 Å². The first-order chi connectivity index (χ1) is 26.1. The molecular formula is C43H49N3O7Si. The third kappa shape index (κ3) is 6.37. The minimum Gasteiger partial charge on any atom is -0.497 e. The fourth-order valence-corrected chi connectivity index (χ4v) is 13.2. The summed E-state index contributed by atoms with van der Waals surface area (Å²) in [4.78, 5) is 46.6. The van der Waals surface area contributed by atoms with E-state index in [0.717, 1.165) is 47.5 Å². The van der Waals surface area contributed by atoms with Gasteiger partial charge in [-0.05, 0) is 78.5 Å². The van der Waals surface area contributed by atoms with Crippen LogP contribution in [0.2, 0.25) is 18.6 Å². The number of benzene rings is 4. The summed E-state index contributed by atoms with van der Waals surface area (Å²) in [6.45, 7) is 7.51. The van der Waals surface area contributed by atoms with Crippen LogP contribution in [0.25, 0.3) is 0 Å². The number of hydrogen-bond acceptors (Lipinski definition) is 7. The largest absolute Gasteiger partial charge is 0.497 e. The van der Waals surface area contributed by atoms with Gasteiger partial charge < -0.3 is 29.1 Å². The van der Waals surface area contributed by atoms with Crippen molar-refractivity contribution in [1.82, 2.24) is 4.90 Å². The highest BCUT2D eigenvalue weighted by Crippen LogP contribution is 2.60. The predicted octanol–water partition coefficient (Wildman–Crippen LogP) is 6.13. The molecule has 0 aromatic heterocycles. The summed E-state index contributed by atoms with van der Waals surface area (Å²) in [5.74, 6) is 0.849. The first-order valence-corrected chi connectivity index (χ1v) is 21.8. The van der Waals surface area contributed by atoms with Crippen molar-refractivity contribution in [2.45, 2.75) is 69.1 Å². The van der Waals surface area contributed by atoms with E-state index in [1.807, 2.05) is 84.9 Å². The van der Waals surface area contributed by atoms with Crippen molar-refractivity contribution in [3.8, 4) is 11.5 Å². The van der Waals surface area contributed by atoms with Gasteiger partial charge in [0.15, 0.2) is 5.60 Å². The number of nitrogens with zero attached hydrogens (tertiary/aromatic N) is 3. The van der Waals surface area contributed by atoms with Crippen molar-refractivity contribution in [3.05, 3.63) is 108 Å². The molecule has 0 unspecified atom stereocenters. The van der Waals surface area contributed by atoms with E-state index < -0.39 is 19.8 Å². The summed E-state index contributed by atoms with van der Waals surface area (Å²) in [5, 5.41) is 11.3. The quantitative estimate of drug-likeness (QED) is 0.137. The smallest absolute Gasteiger partial charge is 0.264 e. The lowest BCUT2D eigenvalue weighted by atomic mass is 9.82. The van der Waals surface area contributed by atoms with Gasteiger partial charge in [-0.2, -0.15) is 0 Å². The Kier molecular flexibility index (Phi) is 10.4. The third-order valence-electron chi connectivity index (χ3n) is 12.0. The van der Waals surface area contributed by atoms with Crippen LogP contribution in [0.3, 0.4) is 0 Å². The number of para-hydroxylation sites is 1. The third-order valence-corrected chi connectivity index (χ3v) is 16.4. The second kappa shape index (κ2) is 15.0. The summed E-state index contributed by atoms with van der Waals surface area (Å²) in [6.07, 6.45) is 1.97. The minimum absolute atomic E-state index is 0.0570. The molecule has 54 heavy (non-hydrogen) atoms. The van der Waals surface area contributed by atoms with Gasteiger partial charge in [-0.15, -0.1) is 0 Å². The summed E-state index contributed by atoms with van der Waals surface area (Å²) in [7, 11) is 0.772. The minimum atomic E-state index is -2.49. The summed E-state index contributed by atoms with van der Waals surface area (Å²) in [5.41, 5.74) is 2.35. The van der Waals surface area contributed by atoms with Gasteiger partial charge in [0.2, 0.25) is 12.3 Å². The maximum Gasteiger partial charge on any atom is 0.264 e. The number of fused-ring (bicyclic) bond motifs is 2. The number of hydrogen-bond donors (Lipinski definition) is 1. The Morgan fingerprint density at radius 2 is 1.63 bits per heavy atom. The molecule has 0 aliphatic carbocycles. The van der Waals surface area contributed by atoms with Gasteiger partial charge in [-0.3, -0.25) is 19.3 Å². The van der Waals surface area contributed by atoms with Crippen LogP contribution < -0.4 is 24.5 Å². The Hall–Kier alpha value is -4.97. The Balaban J connectivity index is 1.27. The van der Waals surface area contributed by atoms with Gasteiger partial charge >= 0.3 is 0 Å². The van der Waals surface area contributed by atoms with Gasteiger partial charge in [0.25, 0.3) is 5.91 Å². The molecule has 1 N–H and O–H groups in total. The average molecular weight is 748 g/mol. The number of carbonyl (C=O) groups excluding carboxylic acids is 3. The lowest BCUT2D eigenvalue weighted by Crippen LogP contribution is -2.52. The van der Waals surface area contributed by atoms with Crippen LogP contribution in [0.1, 0.15) is 37.3 Å². The number of aliphatic hydroxyl groups is 1. The van der Waals surface area contributed by atoms with E-state index in [1.165, 1.54) is 5.19 Å². The summed E-state index contributed by atoms with van der Waals surface area (Å²) in [6, 6.07) is 30.7. The van der Waals surface area contributed by atoms with Crippen LogP contribution in [-0.2, 0) is 31.3 Å². The molecule has 3 heterocycles. The lowest BCUT2D eigenvalue weighted by molar-refractivity contribution is -0.150. The molecule has 2 fully saturated rings. The zero-order valence-corrected chi connectivity index (χ0v) is 32.6. The Bertz CT molecular complexity index is 1990. The van der Waals surface area contributed by atoms with E-state index in [4.69, 9.17) is 14.2 Å². The number of anilines is 3. The molecular weight excluding hydrogens is 699 g/mol. The molecule has 0 radical (unpaired) electrons. The van der Waals surface area contributed by atoms with Gasteiger partial charge in [0.1, 0.15) is 11.5 Å². The van der Waals surface area contributed by atoms with Crippen molar-refractivity contribution >= 4 is 48.5 Å². The average Bonchev–Trinajstić information content (AvgIpc) is 3.86. The van der Waals surface area contributed by atoms with E-state index in [9.17, 15) is 14.7 Å². The zero-order chi connectivity index (χ0) is 38.2. The van der Waals surface area contributed by atoms with Crippen molar-refractivity contribution in [2.75, 3.05) is 37.2 Å². The van der Waals surface area contributed by atoms with Gasteiger partial charge in [-0.1, -0.05) is 67.7 Å². The van der Waals surface area contributed by atoms with Crippen LogP contribution in [0.5, 0.6) is 11.5 Å². The Labute approximate surface area is 318 Å². The van der Waals surface area contributed by atoms with Crippen molar-refractivity contribution in [2.24, 2.45) is 5.92 Å². The van der Waals surface area contributed by atoms with E-state index in [1.54, 1.807) is 28.9 Å². The molecule has 282 valence electrons. The van der Waals surface area contributed by atoms with Gasteiger partial charge in [0.05, 0.1) is 59.7 Å². The molecule has 3 amide bonds. The fourth-order valence-electron chi connectivity index (χ4n) is 9.22. The number of rotatable bonds is 12. The van der Waals surface area contributed by atoms with Crippen LogP contribution in [0, 0.1) is 5.92 Å².